The molecule has 0 amide bonds. The number of carbonyl (C=O) groups is 1. The van der Waals surface area contributed by atoms with Crippen LogP contribution in [-0.4, -0.2) is 20.0 Å². The van der Waals surface area contributed by atoms with Crippen LogP contribution in [-0.2, 0) is 20.4 Å². The lowest BCUT2D eigenvalue weighted by Crippen LogP contribution is -2.12. The summed E-state index contributed by atoms with van der Waals surface area (Å²) in [6.45, 7) is 3.29. The van der Waals surface area contributed by atoms with E-state index >= 15 is 0 Å². The first-order valence-corrected chi connectivity index (χ1v) is 6.97. The van der Waals surface area contributed by atoms with Crippen LogP contribution in [0.1, 0.15) is 24.5 Å². The predicted octanol–water partition coefficient (Wildman–Crippen LogP) is 1.89. The SMILES string of the molecule is CC(=O)CCS(=O)(=O)Cc1ccccc1C. The monoisotopic (exact) mass is 240 g/mol. The van der Waals surface area contributed by atoms with Gasteiger partial charge in [-0.05, 0) is 25.0 Å². The van der Waals surface area contributed by atoms with Gasteiger partial charge < -0.3 is 0 Å². The molecule has 88 valence electrons. The zero-order valence-corrected chi connectivity index (χ0v) is 10.4. The lowest BCUT2D eigenvalue weighted by Gasteiger charge is -2.06. The molecular weight excluding hydrogens is 224 g/mol. The van der Waals surface area contributed by atoms with Gasteiger partial charge >= 0.3 is 0 Å². The van der Waals surface area contributed by atoms with Crippen molar-refractivity contribution in [2.45, 2.75) is 26.0 Å². The topological polar surface area (TPSA) is 51.2 Å². The third-order valence-corrected chi connectivity index (χ3v) is 3.98. The second kappa shape index (κ2) is 5.25. The van der Waals surface area contributed by atoms with E-state index in [9.17, 15) is 13.2 Å². The van der Waals surface area contributed by atoms with Crippen LogP contribution in [0.3, 0.4) is 0 Å². The minimum Gasteiger partial charge on any atom is -0.300 e. The molecule has 1 aromatic carbocycles. The first kappa shape index (κ1) is 12.9. The van der Waals surface area contributed by atoms with Crippen LogP contribution in [0, 0.1) is 6.92 Å². The van der Waals surface area contributed by atoms with Crippen molar-refractivity contribution in [1.29, 1.82) is 0 Å². The maximum absolute atomic E-state index is 11.7. The highest BCUT2D eigenvalue weighted by Crippen LogP contribution is 2.12. The molecule has 0 fully saturated rings. The second-order valence-electron chi connectivity index (χ2n) is 3.97. The van der Waals surface area contributed by atoms with Crippen LogP contribution in [0.2, 0.25) is 0 Å². The second-order valence-corrected chi connectivity index (χ2v) is 6.15. The van der Waals surface area contributed by atoms with E-state index in [1.807, 2.05) is 25.1 Å². The van der Waals surface area contributed by atoms with Crippen molar-refractivity contribution >= 4 is 15.6 Å². The quantitative estimate of drug-likeness (QED) is 0.789. The number of hydrogen-bond donors (Lipinski definition) is 0. The van der Waals surface area contributed by atoms with Crippen molar-refractivity contribution in [3.63, 3.8) is 0 Å². The number of rotatable bonds is 5. The van der Waals surface area contributed by atoms with Crippen molar-refractivity contribution in [2.75, 3.05) is 5.75 Å². The Morgan fingerprint density at radius 2 is 1.88 bits per heavy atom. The molecule has 0 aliphatic carbocycles. The molecule has 0 aromatic heterocycles. The third kappa shape index (κ3) is 4.14. The summed E-state index contributed by atoms with van der Waals surface area (Å²) >= 11 is 0. The first-order chi connectivity index (χ1) is 7.41. The van der Waals surface area contributed by atoms with Crippen LogP contribution in [0.5, 0.6) is 0 Å². The molecule has 16 heavy (non-hydrogen) atoms. The summed E-state index contributed by atoms with van der Waals surface area (Å²) < 4.78 is 23.4. The Morgan fingerprint density at radius 1 is 1.25 bits per heavy atom. The number of benzene rings is 1. The van der Waals surface area contributed by atoms with Crippen LogP contribution in [0.4, 0.5) is 0 Å². The Hall–Kier alpha value is -1.16. The number of Topliss-reactive ketones (excluding diaryl/α,β-unsaturated/α-hetero) is 1. The number of sulfone groups is 1. The Kier molecular flexibility index (Phi) is 4.24. The van der Waals surface area contributed by atoms with Crippen LogP contribution < -0.4 is 0 Å². The minimum absolute atomic E-state index is 0.0208. The van der Waals surface area contributed by atoms with Crippen molar-refractivity contribution in [1.82, 2.24) is 0 Å². The fourth-order valence-electron chi connectivity index (χ4n) is 1.38. The average Bonchev–Trinajstić information content (AvgIpc) is 2.19. The van der Waals surface area contributed by atoms with E-state index < -0.39 is 9.84 Å². The molecule has 1 aromatic rings. The largest absolute Gasteiger partial charge is 0.300 e. The number of hydrogen-bond acceptors (Lipinski definition) is 3. The molecule has 0 unspecified atom stereocenters. The molecule has 0 radical (unpaired) electrons. The maximum Gasteiger partial charge on any atom is 0.154 e. The molecule has 1 rings (SSSR count). The van der Waals surface area contributed by atoms with Gasteiger partial charge in [0, 0.05) is 6.42 Å². The van der Waals surface area contributed by atoms with Gasteiger partial charge in [-0.25, -0.2) is 8.42 Å². The van der Waals surface area contributed by atoms with Gasteiger partial charge in [-0.15, -0.1) is 0 Å². The number of ketones is 1. The Morgan fingerprint density at radius 3 is 2.44 bits per heavy atom. The Bertz CT molecular complexity index is 475. The smallest absolute Gasteiger partial charge is 0.154 e. The zero-order chi connectivity index (χ0) is 12.2. The Balaban J connectivity index is 2.73. The molecular formula is C12H16O3S. The van der Waals surface area contributed by atoms with Crippen molar-refractivity contribution in [3.8, 4) is 0 Å². The summed E-state index contributed by atoms with van der Waals surface area (Å²) in [4.78, 5) is 10.7. The molecule has 0 atom stereocenters. The van der Waals surface area contributed by atoms with E-state index in [0.29, 0.717) is 0 Å². The van der Waals surface area contributed by atoms with Gasteiger partial charge in [-0.2, -0.15) is 0 Å². The Labute approximate surface area is 96.4 Å². The van der Waals surface area contributed by atoms with E-state index in [1.54, 1.807) is 6.07 Å². The molecule has 0 bridgehead atoms. The van der Waals surface area contributed by atoms with E-state index in [1.165, 1.54) is 6.92 Å². The normalized spacial score (nSPS) is 11.4. The van der Waals surface area contributed by atoms with Gasteiger partial charge in [-0.3, -0.25) is 4.79 Å². The zero-order valence-electron chi connectivity index (χ0n) is 9.56. The standard InChI is InChI=1S/C12H16O3S/c1-10-5-3-4-6-12(10)9-16(14,15)8-7-11(2)13/h3-6H,7-9H2,1-2H3. The summed E-state index contributed by atoms with van der Waals surface area (Å²) in [5.41, 5.74) is 1.78. The van der Waals surface area contributed by atoms with Crippen molar-refractivity contribution in [3.05, 3.63) is 35.4 Å². The summed E-state index contributed by atoms with van der Waals surface area (Å²) in [6.07, 6.45) is 0.105. The third-order valence-electron chi connectivity index (χ3n) is 2.40. The fourth-order valence-corrected chi connectivity index (χ4v) is 2.92. The summed E-state index contributed by atoms with van der Waals surface area (Å²) in [6, 6.07) is 7.39. The highest BCUT2D eigenvalue weighted by atomic mass is 32.2. The van der Waals surface area contributed by atoms with E-state index in [2.05, 4.69) is 0 Å². The van der Waals surface area contributed by atoms with Gasteiger partial charge in [-0.1, -0.05) is 24.3 Å². The molecule has 4 heteroatoms. The van der Waals surface area contributed by atoms with Gasteiger partial charge in [0.2, 0.25) is 0 Å². The molecule has 0 N–H and O–H groups in total. The highest BCUT2D eigenvalue weighted by molar-refractivity contribution is 7.90. The maximum atomic E-state index is 11.7. The van der Waals surface area contributed by atoms with Gasteiger partial charge in [0.05, 0.1) is 11.5 Å². The predicted molar refractivity (Wildman–Crippen MR) is 64.0 cm³/mol. The number of aryl methyl sites for hydroxylation is 1. The molecule has 0 aliphatic heterocycles. The summed E-state index contributed by atoms with van der Waals surface area (Å²) in [5.74, 6) is -0.128. The first-order valence-electron chi connectivity index (χ1n) is 5.15. The van der Waals surface area contributed by atoms with Crippen LogP contribution in [0.25, 0.3) is 0 Å². The van der Waals surface area contributed by atoms with Gasteiger partial charge in [0.25, 0.3) is 0 Å². The van der Waals surface area contributed by atoms with Crippen molar-refractivity contribution in [2.24, 2.45) is 0 Å². The van der Waals surface area contributed by atoms with Crippen molar-refractivity contribution < 1.29 is 13.2 Å². The molecule has 0 spiro atoms. The van der Waals surface area contributed by atoms with E-state index in [4.69, 9.17) is 0 Å². The molecule has 0 saturated heterocycles. The molecule has 0 saturated carbocycles. The van der Waals surface area contributed by atoms with E-state index in [-0.39, 0.29) is 23.7 Å². The lowest BCUT2D eigenvalue weighted by molar-refractivity contribution is -0.116. The number of carbonyl (C=O) groups excluding carboxylic acids is 1. The molecule has 0 heterocycles. The van der Waals surface area contributed by atoms with Gasteiger partial charge in [0.15, 0.2) is 9.84 Å². The van der Waals surface area contributed by atoms with Crippen LogP contribution in [0.15, 0.2) is 24.3 Å². The minimum atomic E-state index is -3.17. The van der Waals surface area contributed by atoms with Gasteiger partial charge in [0.1, 0.15) is 5.78 Å². The average molecular weight is 240 g/mol. The summed E-state index contributed by atoms with van der Waals surface area (Å²) in [5, 5.41) is 0. The lowest BCUT2D eigenvalue weighted by atomic mass is 10.1. The molecule has 0 aliphatic rings. The molecule has 3 nitrogen and oxygen atoms in total. The summed E-state index contributed by atoms with van der Waals surface area (Å²) in [7, 11) is -3.17. The highest BCUT2D eigenvalue weighted by Gasteiger charge is 2.13. The van der Waals surface area contributed by atoms with E-state index in [0.717, 1.165) is 11.1 Å². The fraction of sp³-hybridized carbons (Fsp3) is 0.417. The van der Waals surface area contributed by atoms with Crippen LogP contribution >= 0.6 is 0 Å².